The Hall–Kier alpha value is -1.22. The lowest BCUT2D eigenvalue weighted by atomic mass is 10.2. The van der Waals surface area contributed by atoms with Crippen LogP contribution in [0, 0.1) is 0 Å². The number of nitrogens with zero attached hydrogens (tertiary/aromatic N) is 1. The zero-order valence-corrected chi connectivity index (χ0v) is 8.91. The minimum absolute atomic E-state index is 0.428. The maximum atomic E-state index is 5.39. The molecule has 4 heteroatoms. The second kappa shape index (κ2) is 5.50. The van der Waals surface area contributed by atoms with Gasteiger partial charge in [-0.15, -0.1) is 4.51 Å². The number of ether oxygens (including phenoxy) is 2. The van der Waals surface area contributed by atoms with Crippen LogP contribution in [0.3, 0.4) is 0 Å². The van der Waals surface area contributed by atoms with Crippen LogP contribution in [0.2, 0.25) is 0 Å². The Morgan fingerprint density at radius 2 is 2.00 bits per heavy atom. The number of rotatable bonds is 3. The summed E-state index contributed by atoms with van der Waals surface area (Å²) in [6, 6.07) is 7.35. The molecule has 0 aliphatic rings. The van der Waals surface area contributed by atoms with E-state index in [4.69, 9.17) is 21.3 Å². The molecule has 0 atom stereocenters. The van der Waals surface area contributed by atoms with Gasteiger partial charge < -0.3 is 9.47 Å². The number of hydrogen-bond donors (Lipinski definition) is 0. The zero-order chi connectivity index (χ0) is 10.4. The first kappa shape index (κ1) is 10.9. The van der Waals surface area contributed by atoms with E-state index in [1.165, 1.54) is 0 Å². The smallest absolute Gasteiger partial charge is 0.233 e. The SMILES string of the molecule is CCOC(=NCl)c1ccc(OC)cc1. The predicted octanol–water partition coefficient (Wildman–Crippen LogP) is 2.63. The Bertz CT molecular complexity index is 308. The molecule has 14 heavy (non-hydrogen) atoms. The van der Waals surface area contributed by atoms with Crippen LogP contribution < -0.4 is 4.74 Å². The van der Waals surface area contributed by atoms with Gasteiger partial charge in [-0.2, -0.15) is 0 Å². The van der Waals surface area contributed by atoms with Crippen molar-refractivity contribution in [1.82, 2.24) is 0 Å². The summed E-state index contributed by atoms with van der Waals surface area (Å²) < 4.78 is 13.8. The lowest BCUT2D eigenvalue weighted by molar-refractivity contribution is 0.329. The van der Waals surface area contributed by atoms with Crippen molar-refractivity contribution in [3.05, 3.63) is 29.8 Å². The summed E-state index contributed by atoms with van der Waals surface area (Å²) in [7, 11) is 1.62. The van der Waals surface area contributed by atoms with Crippen molar-refractivity contribution in [2.24, 2.45) is 4.51 Å². The van der Waals surface area contributed by atoms with E-state index in [1.54, 1.807) is 7.11 Å². The van der Waals surface area contributed by atoms with Crippen LogP contribution in [0.1, 0.15) is 12.5 Å². The van der Waals surface area contributed by atoms with Crippen LogP contribution in [-0.4, -0.2) is 19.6 Å². The van der Waals surface area contributed by atoms with Gasteiger partial charge in [-0.25, -0.2) is 0 Å². The molecular weight excluding hydrogens is 202 g/mol. The van der Waals surface area contributed by atoms with Crippen molar-refractivity contribution in [1.29, 1.82) is 0 Å². The quantitative estimate of drug-likeness (QED) is 0.571. The van der Waals surface area contributed by atoms with Crippen LogP contribution >= 0.6 is 11.8 Å². The van der Waals surface area contributed by atoms with Crippen LogP contribution in [0.5, 0.6) is 5.75 Å². The Kier molecular flexibility index (Phi) is 4.26. The minimum Gasteiger partial charge on any atom is -0.497 e. The second-order valence-corrected chi connectivity index (χ2v) is 2.72. The third kappa shape index (κ3) is 2.64. The molecule has 0 amide bonds. The normalized spacial score (nSPS) is 11.2. The maximum absolute atomic E-state index is 5.39. The first-order valence-electron chi connectivity index (χ1n) is 4.28. The van der Waals surface area contributed by atoms with Gasteiger partial charge in [0.2, 0.25) is 5.90 Å². The highest BCUT2D eigenvalue weighted by atomic mass is 35.5. The molecule has 0 unspecified atom stereocenters. The van der Waals surface area contributed by atoms with Crippen molar-refractivity contribution >= 4 is 17.7 Å². The van der Waals surface area contributed by atoms with Crippen LogP contribution in [0.4, 0.5) is 0 Å². The summed E-state index contributed by atoms with van der Waals surface area (Å²) in [5.74, 6) is 1.22. The molecule has 0 spiro atoms. The average molecular weight is 214 g/mol. The Morgan fingerprint density at radius 1 is 1.36 bits per heavy atom. The summed E-state index contributed by atoms with van der Waals surface area (Å²) in [6.07, 6.45) is 0. The van der Waals surface area contributed by atoms with Gasteiger partial charge in [-0.3, -0.25) is 0 Å². The lowest BCUT2D eigenvalue weighted by Gasteiger charge is -2.06. The molecule has 0 aliphatic heterocycles. The first-order valence-corrected chi connectivity index (χ1v) is 4.61. The maximum Gasteiger partial charge on any atom is 0.233 e. The van der Waals surface area contributed by atoms with Crippen molar-refractivity contribution in [3.63, 3.8) is 0 Å². The molecule has 0 saturated heterocycles. The highest BCUT2D eigenvalue weighted by Crippen LogP contribution is 2.12. The molecule has 0 aliphatic carbocycles. The van der Waals surface area contributed by atoms with Crippen molar-refractivity contribution < 1.29 is 9.47 Å². The fourth-order valence-corrected chi connectivity index (χ4v) is 1.17. The van der Waals surface area contributed by atoms with Crippen LogP contribution in [-0.2, 0) is 4.74 Å². The van der Waals surface area contributed by atoms with Gasteiger partial charge >= 0.3 is 0 Å². The molecular formula is C10H12ClNO2. The molecule has 0 radical (unpaired) electrons. The van der Waals surface area contributed by atoms with E-state index >= 15 is 0 Å². The number of hydrogen-bond acceptors (Lipinski definition) is 3. The average Bonchev–Trinajstić information content (AvgIpc) is 2.26. The van der Waals surface area contributed by atoms with Gasteiger partial charge in [0.05, 0.1) is 13.7 Å². The summed E-state index contributed by atoms with van der Waals surface area (Å²) in [5.41, 5.74) is 0.836. The Labute approximate surface area is 88.4 Å². The lowest BCUT2D eigenvalue weighted by Crippen LogP contribution is -2.05. The molecule has 0 fully saturated rings. The molecule has 0 aromatic heterocycles. The molecule has 0 bridgehead atoms. The Morgan fingerprint density at radius 3 is 2.43 bits per heavy atom. The minimum atomic E-state index is 0.428. The highest BCUT2D eigenvalue weighted by Gasteiger charge is 2.03. The van der Waals surface area contributed by atoms with E-state index in [2.05, 4.69) is 4.51 Å². The number of halogens is 1. The number of methoxy groups -OCH3 is 1. The highest BCUT2D eigenvalue weighted by molar-refractivity contribution is 6.21. The molecule has 0 saturated carbocycles. The topological polar surface area (TPSA) is 30.8 Å². The van der Waals surface area contributed by atoms with Crippen LogP contribution in [0.15, 0.2) is 28.8 Å². The standard InChI is InChI=1S/C10H12ClNO2/c1-3-14-10(12-11)8-4-6-9(13-2)7-5-8/h4-7H,3H2,1-2H3. The van der Waals surface area contributed by atoms with E-state index in [9.17, 15) is 0 Å². The third-order valence-corrected chi connectivity index (χ3v) is 1.85. The monoisotopic (exact) mass is 213 g/mol. The van der Waals surface area contributed by atoms with Gasteiger partial charge in [0.25, 0.3) is 0 Å². The van der Waals surface area contributed by atoms with E-state index < -0.39 is 0 Å². The van der Waals surface area contributed by atoms with E-state index in [0.717, 1.165) is 11.3 Å². The molecule has 1 aromatic carbocycles. The Balaban J connectivity index is 2.84. The zero-order valence-electron chi connectivity index (χ0n) is 8.16. The second-order valence-electron chi connectivity index (χ2n) is 2.55. The molecule has 1 aromatic rings. The summed E-state index contributed by atoms with van der Waals surface area (Å²) in [4.78, 5) is 0. The van der Waals surface area contributed by atoms with Gasteiger partial charge in [0.1, 0.15) is 5.75 Å². The molecule has 0 heterocycles. The fraction of sp³-hybridized carbons (Fsp3) is 0.300. The van der Waals surface area contributed by atoms with Gasteiger partial charge in [0.15, 0.2) is 0 Å². The van der Waals surface area contributed by atoms with Gasteiger partial charge in [-0.1, -0.05) is 0 Å². The van der Waals surface area contributed by atoms with Crippen molar-refractivity contribution in [2.45, 2.75) is 6.92 Å². The number of benzene rings is 1. The summed E-state index contributed by atoms with van der Waals surface area (Å²) in [5, 5.41) is 0. The van der Waals surface area contributed by atoms with Crippen molar-refractivity contribution in [2.75, 3.05) is 13.7 Å². The van der Waals surface area contributed by atoms with E-state index in [-0.39, 0.29) is 0 Å². The summed E-state index contributed by atoms with van der Waals surface area (Å²) >= 11 is 5.39. The largest absolute Gasteiger partial charge is 0.497 e. The van der Waals surface area contributed by atoms with Gasteiger partial charge in [0, 0.05) is 17.3 Å². The van der Waals surface area contributed by atoms with E-state index in [1.807, 2.05) is 31.2 Å². The fourth-order valence-electron chi connectivity index (χ4n) is 1.03. The predicted molar refractivity (Wildman–Crippen MR) is 57.0 cm³/mol. The third-order valence-electron chi connectivity index (χ3n) is 1.69. The van der Waals surface area contributed by atoms with Crippen molar-refractivity contribution in [3.8, 4) is 5.75 Å². The molecule has 0 N–H and O–H groups in total. The van der Waals surface area contributed by atoms with E-state index in [0.29, 0.717) is 12.5 Å². The summed E-state index contributed by atoms with van der Waals surface area (Å²) in [6.45, 7) is 2.42. The molecule has 1 rings (SSSR count). The molecule has 3 nitrogen and oxygen atoms in total. The molecule has 76 valence electrons. The van der Waals surface area contributed by atoms with Crippen LogP contribution in [0.25, 0.3) is 0 Å². The van der Waals surface area contributed by atoms with Gasteiger partial charge in [-0.05, 0) is 31.2 Å². The first-order chi connectivity index (χ1) is 6.81.